The van der Waals surface area contributed by atoms with Crippen molar-refractivity contribution in [1.82, 2.24) is 5.32 Å². The van der Waals surface area contributed by atoms with Crippen molar-refractivity contribution in [2.75, 3.05) is 36.0 Å². The number of hydrogen-bond donors (Lipinski definition) is 1. The van der Waals surface area contributed by atoms with Crippen LogP contribution in [0.2, 0.25) is 0 Å². The molecule has 9 nitrogen and oxygen atoms in total. The molecular formula is C25H22N4O5S. The summed E-state index contributed by atoms with van der Waals surface area (Å²) >= 11 is 1.75. The lowest BCUT2D eigenvalue weighted by Crippen LogP contribution is -2.45. The van der Waals surface area contributed by atoms with Crippen molar-refractivity contribution in [2.24, 2.45) is 0 Å². The normalized spacial score (nSPS) is 13.9. The van der Waals surface area contributed by atoms with E-state index in [0.717, 1.165) is 11.4 Å². The van der Waals surface area contributed by atoms with Crippen molar-refractivity contribution in [3.63, 3.8) is 0 Å². The number of carbonyl (C=O) groups is 2. The molecule has 0 bridgehead atoms. The number of amides is 2. The highest BCUT2D eigenvalue weighted by Gasteiger charge is 2.29. The molecule has 2 aliphatic heterocycles. The molecule has 0 unspecified atom stereocenters. The average molecular weight is 491 g/mol. The summed E-state index contributed by atoms with van der Waals surface area (Å²) in [7, 11) is 0. The van der Waals surface area contributed by atoms with Crippen LogP contribution in [0.4, 0.5) is 22.7 Å². The summed E-state index contributed by atoms with van der Waals surface area (Å²) in [6.45, 7) is 0.680. The third kappa shape index (κ3) is 4.65. The Morgan fingerprint density at radius 2 is 1.69 bits per heavy atom. The zero-order valence-corrected chi connectivity index (χ0v) is 19.5. The van der Waals surface area contributed by atoms with Gasteiger partial charge in [0.05, 0.1) is 22.0 Å². The smallest absolute Gasteiger partial charge is 0.271 e. The number of nitro benzene ring substituents is 1. The molecule has 178 valence electrons. The van der Waals surface area contributed by atoms with Crippen molar-refractivity contribution in [3.05, 3.63) is 76.8 Å². The van der Waals surface area contributed by atoms with Gasteiger partial charge in [0.15, 0.2) is 6.61 Å². The van der Waals surface area contributed by atoms with Crippen LogP contribution in [0.25, 0.3) is 0 Å². The third-order valence-corrected chi connectivity index (χ3v) is 6.94. The second-order valence-corrected chi connectivity index (χ2v) is 9.15. The lowest BCUT2D eigenvalue weighted by Gasteiger charge is -2.32. The van der Waals surface area contributed by atoms with Gasteiger partial charge in [-0.2, -0.15) is 0 Å². The van der Waals surface area contributed by atoms with Gasteiger partial charge in [-0.15, -0.1) is 0 Å². The van der Waals surface area contributed by atoms with Gasteiger partial charge in [-0.3, -0.25) is 24.6 Å². The molecule has 0 saturated heterocycles. The Balaban J connectivity index is 1.21. The number of non-ortho nitro benzene ring substituents is 1. The van der Waals surface area contributed by atoms with E-state index in [1.165, 1.54) is 32.9 Å². The molecular weight excluding hydrogens is 468 g/mol. The van der Waals surface area contributed by atoms with Crippen LogP contribution in [0, 0.1) is 10.1 Å². The van der Waals surface area contributed by atoms with Crippen LogP contribution >= 0.6 is 11.8 Å². The molecule has 0 saturated carbocycles. The van der Waals surface area contributed by atoms with Crippen LogP contribution in [0.5, 0.6) is 5.75 Å². The number of ether oxygens (including phenoxy) is 1. The first-order valence-electron chi connectivity index (χ1n) is 11.1. The quantitative estimate of drug-likeness (QED) is 0.302. The number of nitrogens with one attached hydrogen (secondary N) is 1. The summed E-state index contributed by atoms with van der Waals surface area (Å²) in [5, 5.41) is 14.0. The van der Waals surface area contributed by atoms with E-state index >= 15 is 0 Å². The second-order valence-electron chi connectivity index (χ2n) is 8.07. The lowest BCUT2D eigenvalue weighted by molar-refractivity contribution is -0.384. The first-order valence-corrected chi connectivity index (χ1v) is 11.9. The number of rotatable bonds is 7. The summed E-state index contributed by atoms with van der Waals surface area (Å²) in [6, 6.07) is 20.5. The SMILES string of the molecule is O=C(CN1C(=O)COc2ccc([N+](=O)[O-])cc21)NCCCN1c2ccccc2Sc2ccccc21. The standard InChI is InChI=1S/C25H22N4O5S/c30-24(15-28-20-14-17(29(32)33)10-11-21(20)34-16-25(28)31)26-12-5-13-27-18-6-1-3-8-22(18)35-23-9-4-2-7-19(23)27/h1-4,6-11,14H,5,12-13,15-16H2,(H,26,30). The Morgan fingerprint density at radius 3 is 2.37 bits per heavy atom. The number of carbonyl (C=O) groups excluding carboxylic acids is 2. The van der Waals surface area contributed by atoms with Crippen molar-refractivity contribution < 1.29 is 19.2 Å². The second kappa shape index (κ2) is 9.67. The molecule has 2 amide bonds. The number of benzene rings is 3. The summed E-state index contributed by atoms with van der Waals surface area (Å²) in [4.78, 5) is 41.5. The van der Waals surface area contributed by atoms with Gasteiger partial charge in [0.25, 0.3) is 11.6 Å². The first kappa shape index (κ1) is 22.7. The minimum atomic E-state index is -0.549. The summed E-state index contributed by atoms with van der Waals surface area (Å²) < 4.78 is 5.35. The number of para-hydroxylation sites is 2. The van der Waals surface area contributed by atoms with Gasteiger partial charge in [0.1, 0.15) is 12.3 Å². The zero-order valence-electron chi connectivity index (χ0n) is 18.7. The highest BCUT2D eigenvalue weighted by atomic mass is 32.2. The molecule has 0 fully saturated rings. The molecule has 10 heteroatoms. The molecule has 0 spiro atoms. The van der Waals surface area contributed by atoms with Gasteiger partial charge in [-0.25, -0.2) is 0 Å². The van der Waals surface area contributed by atoms with E-state index < -0.39 is 10.8 Å². The Hall–Kier alpha value is -4.05. The number of nitrogens with zero attached hydrogens (tertiary/aromatic N) is 3. The summed E-state index contributed by atoms with van der Waals surface area (Å²) in [6.07, 6.45) is 0.693. The number of fused-ring (bicyclic) bond motifs is 3. The molecule has 1 N–H and O–H groups in total. The van der Waals surface area contributed by atoms with E-state index in [1.807, 2.05) is 24.3 Å². The minimum Gasteiger partial charge on any atom is -0.482 e. The van der Waals surface area contributed by atoms with Crippen LogP contribution < -0.4 is 19.9 Å². The maximum Gasteiger partial charge on any atom is 0.271 e. The molecule has 0 atom stereocenters. The predicted octanol–water partition coefficient (Wildman–Crippen LogP) is 4.13. The molecule has 0 radical (unpaired) electrons. The Kier molecular flexibility index (Phi) is 6.28. The number of anilines is 3. The van der Waals surface area contributed by atoms with Gasteiger partial charge >= 0.3 is 0 Å². The minimum absolute atomic E-state index is 0.173. The van der Waals surface area contributed by atoms with Gasteiger partial charge in [-0.05, 0) is 36.8 Å². The van der Waals surface area contributed by atoms with Gasteiger partial charge in [-0.1, -0.05) is 36.0 Å². The fourth-order valence-electron chi connectivity index (χ4n) is 4.16. The van der Waals surface area contributed by atoms with E-state index in [1.54, 1.807) is 11.8 Å². The van der Waals surface area contributed by atoms with Crippen molar-refractivity contribution in [1.29, 1.82) is 0 Å². The molecule has 0 aliphatic carbocycles. The van der Waals surface area contributed by atoms with Crippen LogP contribution in [-0.2, 0) is 9.59 Å². The molecule has 35 heavy (non-hydrogen) atoms. The molecule has 2 heterocycles. The molecule has 5 rings (SSSR count). The monoisotopic (exact) mass is 490 g/mol. The van der Waals surface area contributed by atoms with Gasteiger partial charge < -0.3 is 15.0 Å². The Labute approximate surface area is 205 Å². The van der Waals surface area contributed by atoms with Crippen LogP contribution in [-0.4, -0.2) is 43.0 Å². The molecule has 3 aromatic rings. The zero-order chi connectivity index (χ0) is 24.4. The number of hydrogen-bond acceptors (Lipinski definition) is 7. The number of nitro groups is 1. The molecule has 0 aromatic heterocycles. The summed E-state index contributed by atoms with van der Waals surface area (Å²) in [5.41, 5.74) is 2.33. The van der Waals surface area contributed by atoms with E-state index in [-0.39, 0.29) is 30.4 Å². The van der Waals surface area contributed by atoms with E-state index in [9.17, 15) is 19.7 Å². The van der Waals surface area contributed by atoms with Crippen LogP contribution in [0.1, 0.15) is 6.42 Å². The molecule has 2 aliphatic rings. The van der Waals surface area contributed by atoms with Crippen molar-refractivity contribution in [3.8, 4) is 5.75 Å². The Morgan fingerprint density at radius 1 is 1.00 bits per heavy atom. The lowest BCUT2D eigenvalue weighted by atomic mass is 10.2. The maximum atomic E-state index is 12.6. The van der Waals surface area contributed by atoms with E-state index in [0.29, 0.717) is 25.3 Å². The van der Waals surface area contributed by atoms with Gasteiger partial charge in [0.2, 0.25) is 5.91 Å². The van der Waals surface area contributed by atoms with E-state index in [2.05, 4.69) is 34.5 Å². The largest absolute Gasteiger partial charge is 0.482 e. The van der Waals surface area contributed by atoms with E-state index in [4.69, 9.17) is 4.74 Å². The van der Waals surface area contributed by atoms with Crippen molar-refractivity contribution >= 4 is 46.3 Å². The first-order chi connectivity index (χ1) is 17.0. The fraction of sp³-hybridized carbons (Fsp3) is 0.200. The highest BCUT2D eigenvalue weighted by molar-refractivity contribution is 7.99. The maximum absolute atomic E-state index is 12.6. The van der Waals surface area contributed by atoms with Crippen LogP contribution in [0.15, 0.2) is 76.5 Å². The third-order valence-electron chi connectivity index (χ3n) is 5.81. The van der Waals surface area contributed by atoms with Crippen LogP contribution in [0.3, 0.4) is 0 Å². The molecule has 3 aromatic carbocycles. The summed E-state index contributed by atoms with van der Waals surface area (Å²) in [5.74, 6) is -0.428. The van der Waals surface area contributed by atoms with Gasteiger partial charge in [0, 0.05) is 35.0 Å². The fourth-order valence-corrected chi connectivity index (χ4v) is 5.26. The highest BCUT2D eigenvalue weighted by Crippen LogP contribution is 2.47. The predicted molar refractivity (Wildman–Crippen MR) is 133 cm³/mol. The Bertz CT molecular complexity index is 1270. The topological polar surface area (TPSA) is 105 Å². The average Bonchev–Trinajstić information content (AvgIpc) is 2.87. The van der Waals surface area contributed by atoms with Crippen molar-refractivity contribution in [2.45, 2.75) is 16.2 Å².